The number of hydrogen-bond donors (Lipinski definition) is 2. The Balaban J connectivity index is 1.36. The minimum absolute atomic E-state index is 0.0961. The molecule has 3 saturated carbocycles. The third-order valence-electron chi connectivity index (χ3n) is 10.2. The number of para-hydroxylation sites is 1. The van der Waals surface area contributed by atoms with Gasteiger partial charge in [-0.2, -0.15) is 0 Å². The number of nitrogens with zero attached hydrogens (tertiary/aromatic N) is 3. The van der Waals surface area contributed by atoms with E-state index in [-0.39, 0.29) is 36.9 Å². The van der Waals surface area contributed by atoms with Gasteiger partial charge >= 0.3 is 19.2 Å². The molecular weight excluding hydrogens is 629 g/mol. The van der Waals surface area contributed by atoms with Crippen LogP contribution in [0.5, 0.6) is 5.75 Å². The van der Waals surface area contributed by atoms with Gasteiger partial charge in [0.2, 0.25) is 5.91 Å². The topological polar surface area (TPSA) is 152 Å². The van der Waals surface area contributed by atoms with Gasteiger partial charge in [0.25, 0.3) is 0 Å². The number of carbonyl (C=O) groups excluding carboxylic acids is 3. The predicted molar refractivity (Wildman–Crippen MR) is 182 cm³/mol. The molecule has 2 amide bonds. The van der Waals surface area contributed by atoms with E-state index in [1.54, 1.807) is 39.8 Å². The van der Waals surface area contributed by atoms with Crippen molar-refractivity contribution in [2.24, 2.45) is 17.3 Å². The first kappa shape index (κ1) is 36.6. The van der Waals surface area contributed by atoms with Crippen LogP contribution in [-0.2, 0) is 43.1 Å². The molecule has 5 atom stereocenters. The van der Waals surface area contributed by atoms with E-state index < -0.39 is 41.9 Å². The second-order valence-electron chi connectivity index (χ2n) is 16.3. The highest BCUT2D eigenvalue weighted by atomic mass is 16.7. The molecule has 3 aliphatic carbocycles. The van der Waals surface area contributed by atoms with Crippen LogP contribution in [0.25, 0.3) is 0 Å². The van der Waals surface area contributed by atoms with E-state index in [9.17, 15) is 14.4 Å². The minimum Gasteiger partial charge on any atom is -0.496 e. The normalized spacial score (nSPS) is 24.7. The molecule has 2 heterocycles. The molecule has 4 fully saturated rings. The maximum absolute atomic E-state index is 13.7. The van der Waals surface area contributed by atoms with Crippen LogP contribution in [-0.4, -0.2) is 76.0 Å². The van der Waals surface area contributed by atoms with E-state index in [4.69, 9.17) is 23.5 Å². The number of ether oxygens (including phenoxy) is 3. The molecular formula is C35H52BN5O8. The second kappa shape index (κ2) is 13.2. The zero-order valence-corrected chi connectivity index (χ0v) is 30.8. The molecule has 2 bridgehead atoms. The number of amides is 2. The second-order valence-corrected chi connectivity index (χ2v) is 16.3. The molecule has 4 aliphatic rings. The summed E-state index contributed by atoms with van der Waals surface area (Å²) in [6, 6.07) is 5.30. The molecule has 268 valence electrons. The highest BCUT2D eigenvalue weighted by Crippen LogP contribution is 2.65. The molecule has 13 nitrogen and oxygen atoms in total. The van der Waals surface area contributed by atoms with Crippen LogP contribution in [0.2, 0.25) is 0 Å². The van der Waals surface area contributed by atoms with Crippen LogP contribution in [0.3, 0.4) is 0 Å². The van der Waals surface area contributed by atoms with Gasteiger partial charge in [-0.05, 0) is 104 Å². The number of esters is 1. The Morgan fingerprint density at radius 1 is 1.08 bits per heavy atom. The summed E-state index contributed by atoms with van der Waals surface area (Å²) in [6.45, 7) is 19.3. The fraction of sp³-hybridized carbons (Fsp3) is 0.686. The fourth-order valence-electron chi connectivity index (χ4n) is 7.57. The zero-order valence-electron chi connectivity index (χ0n) is 30.8. The van der Waals surface area contributed by atoms with Crippen molar-refractivity contribution in [1.29, 1.82) is 0 Å². The summed E-state index contributed by atoms with van der Waals surface area (Å²) < 4.78 is 31.6. The smallest absolute Gasteiger partial charge is 0.482 e. The molecule has 2 N–H and O–H groups in total. The van der Waals surface area contributed by atoms with Crippen LogP contribution in [0.1, 0.15) is 102 Å². The Morgan fingerprint density at radius 2 is 1.78 bits per heavy atom. The van der Waals surface area contributed by atoms with Crippen molar-refractivity contribution in [3.63, 3.8) is 0 Å². The maximum atomic E-state index is 13.7. The first-order valence-corrected chi connectivity index (χ1v) is 17.1. The number of benzene rings is 1. The highest BCUT2D eigenvalue weighted by molar-refractivity contribution is 6.48. The number of carbonyl (C=O) groups is 3. The van der Waals surface area contributed by atoms with Gasteiger partial charge in [0.1, 0.15) is 34.8 Å². The summed E-state index contributed by atoms with van der Waals surface area (Å²) in [4.78, 5) is 39.0. The van der Waals surface area contributed by atoms with Crippen molar-refractivity contribution in [2.75, 3.05) is 7.11 Å². The van der Waals surface area contributed by atoms with Crippen LogP contribution in [0, 0.1) is 24.2 Å². The van der Waals surface area contributed by atoms with Crippen molar-refractivity contribution in [1.82, 2.24) is 25.6 Å². The quantitative estimate of drug-likeness (QED) is 0.270. The van der Waals surface area contributed by atoms with E-state index in [2.05, 4.69) is 41.7 Å². The van der Waals surface area contributed by atoms with E-state index >= 15 is 0 Å². The van der Waals surface area contributed by atoms with Gasteiger partial charge in [-0.15, -0.1) is 5.10 Å². The maximum Gasteiger partial charge on any atom is 0.482 e. The zero-order chi connectivity index (χ0) is 36.1. The monoisotopic (exact) mass is 681 g/mol. The number of aromatic nitrogens is 3. The van der Waals surface area contributed by atoms with E-state index in [1.165, 1.54) is 11.8 Å². The molecule has 0 radical (unpaired) electrons. The average molecular weight is 682 g/mol. The van der Waals surface area contributed by atoms with E-state index in [1.807, 2.05) is 26.8 Å². The summed E-state index contributed by atoms with van der Waals surface area (Å²) in [5, 5.41) is 14.2. The molecule has 2 aromatic rings. The third-order valence-corrected chi connectivity index (χ3v) is 10.2. The number of hydrogen-bond acceptors (Lipinski definition) is 10. The molecule has 49 heavy (non-hydrogen) atoms. The Bertz CT molecular complexity index is 1580. The van der Waals surface area contributed by atoms with E-state index in [0.717, 1.165) is 12.8 Å². The van der Waals surface area contributed by atoms with Crippen LogP contribution >= 0.6 is 0 Å². The Kier molecular flexibility index (Phi) is 9.90. The fourth-order valence-corrected chi connectivity index (χ4v) is 7.57. The minimum atomic E-state index is -0.741. The first-order chi connectivity index (χ1) is 22.7. The van der Waals surface area contributed by atoms with Gasteiger partial charge in [0, 0.05) is 0 Å². The number of rotatable bonds is 10. The lowest BCUT2D eigenvalue weighted by Gasteiger charge is -2.64. The lowest BCUT2D eigenvalue weighted by atomic mass is 9.43. The summed E-state index contributed by atoms with van der Waals surface area (Å²) in [5.74, 6) is -0.194. The molecule has 1 aliphatic heterocycles. The van der Waals surface area contributed by atoms with E-state index in [0.29, 0.717) is 40.1 Å². The molecule has 1 aromatic heterocycles. The largest absolute Gasteiger partial charge is 0.496 e. The standard InChI is InChI=1S/C35H52BN5O8/c1-20-24(18-37-31(44)47-33(5,6)7)39-40-41(20)19-28(42)38-27(36-48-26-17-22-16-25(34(22,8)9)35(26,10)49-36)15-21-13-12-14-23(29(21)45-11)30(43)46-32(2,3)4/h12-14,22,25-27H,15-19H2,1-11H3,(H,37,44)(H,38,42)/t22-,25-,26+,27?,35-/m0/s1. The van der Waals surface area contributed by atoms with Crippen molar-refractivity contribution in [2.45, 2.75) is 130 Å². The Hall–Kier alpha value is -3.65. The summed E-state index contributed by atoms with van der Waals surface area (Å²) in [6.07, 6.45) is 1.58. The molecule has 0 spiro atoms. The Morgan fingerprint density at radius 3 is 2.41 bits per heavy atom. The van der Waals surface area contributed by atoms with Gasteiger partial charge in [-0.1, -0.05) is 31.2 Å². The summed E-state index contributed by atoms with van der Waals surface area (Å²) >= 11 is 0. The van der Waals surface area contributed by atoms with Crippen molar-refractivity contribution < 1.29 is 37.9 Å². The lowest BCUT2D eigenvalue weighted by molar-refractivity contribution is -0.199. The van der Waals surface area contributed by atoms with Gasteiger partial charge in [-0.3, -0.25) is 4.79 Å². The van der Waals surface area contributed by atoms with Crippen LogP contribution in [0.15, 0.2) is 18.2 Å². The Labute approximate surface area is 289 Å². The third kappa shape index (κ3) is 7.75. The van der Waals surface area contributed by atoms with Gasteiger partial charge < -0.3 is 34.2 Å². The van der Waals surface area contributed by atoms with Crippen molar-refractivity contribution in [3.05, 3.63) is 40.7 Å². The number of alkyl carbamates (subject to hydrolysis) is 1. The molecule has 6 rings (SSSR count). The van der Waals surface area contributed by atoms with Gasteiger partial charge in [-0.25, -0.2) is 14.3 Å². The summed E-state index contributed by atoms with van der Waals surface area (Å²) in [5.41, 5.74) is 0.461. The number of methoxy groups -OCH3 is 1. The molecule has 1 aromatic carbocycles. The molecule has 1 saturated heterocycles. The summed E-state index contributed by atoms with van der Waals surface area (Å²) in [7, 11) is 0.769. The van der Waals surface area contributed by atoms with Crippen molar-refractivity contribution >= 4 is 25.1 Å². The average Bonchev–Trinajstić information content (AvgIpc) is 3.52. The first-order valence-electron chi connectivity index (χ1n) is 17.1. The van der Waals surface area contributed by atoms with Crippen LogP contribution < -0.4 is 15.4 Å². The van der Waals surface area contributed by atoms with Gasteiger partial charge in [0.05, 0.1) is 37.0 Å². The highest BCUT2D eigenvalue weighted by Gasteiger charge is 2.68. The molecule has 14 heteroatoms. The predicted octanol–water partition coefficient (Wildman–Crippen LogP) is 4.57. The number of nitrogens with one attached hydrogen (secondary N) is 2. The lowest BCUT2D eigenvalue weighted by Crippen LogP contribution is -2.65. The SMILES string of the molecule is COc1c(CC(NC(=O)Cn2nnc(CNC(=O)OC(C)(C)C)c2C)B2O[C@@H]3C[C@@H]4C[C@@H](C4(C)C)[C@]3(C)O2)cccc1C(=O)OC(C)(C)C. The molecule has 1 unspecified atom stereocenters. The van der Waals surface area contributed by atoms with Crippen molar-refractivity contribution in [3.8, 4) is 5.75 Å². The van der Waals surface area contributed by atoms with Crippen LogP contribution in [0.4, 0.5) is 4.79 Å². The van der Waals surface area contributed by atoms with Gasteiger partial charge in [0.15, 0.2) is 0 Å².